The summed E-state index contributed by atoms with van der Waals surface area (Å²) in [6.45, 7) is 5.70. The first-order valence-electron chi connectivity index (χ1n) is 9.58. The average molecular weight is 432 g/mol. The summed E-state index contributed by atoms with van der Waals surface area (Å²) in [5, 5.41) is 9.91. The van der Waals surface area contributed by atoms with Gasteiger partial charge in [-0.15, -0.1) is 0 Å². The number of likely N-dealkylation sites (tertiary alicyclic amines) is 2. The molecule has 1 aromatic heterocycles. The second-order valence-electron chi connectivity index (χ2n) is 7.75. The molecule has 3 heterocycles. The number of halogens is 3. The Morgan fingerprint density at radius 1 is 1.23 bits per heavy atom. The summed E-state index contributed by atoms with van der Waals surface area (Å²) < 4.78 is 33.6. The third-order valence-electron chi connectivity index (χ3n) is 5.51. The topological polar surface area (TPSA) is 94.9 Å². The summed E-state index contributed by atoms with van der Waals surface area (Å²) in [6.07, 6.45) is -2.36. The molecular weight excluding hydrogens is 405 g/mol. The minimum absolute atomic E-state index is 0.0673. The number of rotatable bonds is 3. The second kappa shape index (κ2) is 9.07. The normalized spacial score (nSPS) is 23.7. The number of carboxylic acids is 1. The monoisotopic (exact) mass is 432 g/mol. The molecular formula is C19H27F3N4O4. The third-order valence-corrected chi connectivity index (χ3v) is 5.51. The Morgan fingerprint density at radius 2 is 1.83 bits per heavy atom. The van der Waals surface area contributed by atoms with Crippen LogP contribution in [0.25, 0.3) is 0 Å². The number of carbonyl (C=O) groups is 3. The van der Waals surface area contributed by atoms with E-state index in [9.17, 15) is 22.8 Å². The highest BCUT2D eigenvalue weighted by Crippen LogP contribution is 2.37. The molecule has 0 aromatic carbocycles. The lowest BCUT2D eigenvalue weighted by Gasteiger charge is -2.33. The number of nitrogens with zero attached hydrogens (tertiary/aromatic N) is 3. The zero-order valence-electron chi connectivity index (χ0n) is 17.3. The fraction of sp³-hybridized carbons (Fsp3) is 0.632. The molecule has 2 amide bonds. The van der Waals surface area contributed by atoms with Crippen molar-refractivity contribution in [3.8, 4) is 0 Å². The number of nitrogens with one attached hydrogen (secondary N) is 1. The first-order chi connectivity index (χ1) is 13.9. The fourth-order valence-electron chi connectivity index (χ4n) is 4.23. The molecule has 0 saturated carbocycles. The van der Waals surface area contributed by atoms with Gasteiger partial charge in [0.05, 0.1) is 6.04 Å². The molecule has 0 aliphatic carbocycles. The van der Waals surface area contributed by atoms with E-state index < -0.39 is 12.1 Å². The zero-order chi connectivity index (χ0) is 22.8. The Labute approximate surface area is 172 Å². The smallest absolute Gasteiger partial charge is 0.475 e. The molecule has 2 saturated heterocycles. The van der Waals surface area contributed by atoms with Crippen molar-refractivity contribution < 1.29 is 32.7 Å². The SMILES string of the molecule is CNC(=O)[C@@H]1C[C@H]2CN(C(=O)c3cccn3C)C[C@H]2N1C(C)C.O=C(O)C(F)(F)F. The van der Waals surface area contributed by atoms with Gasteiger partial charge in [-0.1, -0.05) is 0 Å². The number of likely N-dealkylation sites (N-methyl/N-ethyl adjacent to an activating group) is 1. The van der Waals surface area contributed by atoms with Gasteiger partial charge < -0.3 is 19.9 Å². The van der Waals surface area contributed by atoms with Gasteiger partial charge in [0.25, 0.3) is 5.91 Å². The van der Waals surface area contributed by atoms with Gasteiger partial charge in [0.2, 0.25) is 5.91 Å². The van der Waals surface area contributed by atoms with Crippen molar-refractivity contribution in [1.82, 2.24) is 19.7 Å². The van der Waals surface area contributed by atoms with Gasteiger partial charge in [-0.3, -0.25) is 14.5 Å². The highest BCUT2D eigenvalue weighted by atomic mass is 19.4. The first-order valence-corrected chi connectivity index (χ1v) is 9.58. The Bertz CT molecular complexity index is 793. The quantitative estimate of drug-likeness (QED) is 0.752. The highest BCUT2D eigenvalue weighted by molar-refractivity contribution is 5.93. The molecule has 8 nitrogen and oxygen atoms in total. The predicted octanol–water partition coefficient (Wildman–Crippen LogP) is 1.33. The summed E-state index contributed by atoms with van der Waals surface area (Å²) in [6, 6.07) is 4.26. The number of hydrogen-bond donors (Lipinski definition) is 2. The number of aryl methyl sites for hydroxylation is 1. The van der Waals surface area contributed by atoms with Gasteiger partial charge >= 0.3 is 12.1 Å². The summed E-state index contributed by atoms with van der Waals surface area (Å²) in [5.41, 5.74) is 0.726. The van der Waals surface area contributed by atoms with Crippen LogP contribution >= 0.6 is 0 Å². The van der Waals surface area contributed by atoms with E-state index in [1.807, 2.05) is 34.8 Å². The molecule has 0 unspecified atom stereocenters. The van der Waals surface area contributed by atoms with E-state index in [0.29, 0.717) is 12.5 Å². The van der Waals surface area contributed by atoms with E-state index in [0.717, 1.165) is 18.7 Å². The van der Waals surface area contributed by atoms with E-state index in [1.165, 1.54) is 0 Å². The van der Waals surface area contributed by atoms with Crippen LogP contribution in [0.2, 0.25) is 0 Å². The van der Waals surface area contributed by atoms with Crippen LogP contribution in [0.5, 0.6) is 0 Å². The fourth-order valence-corrected chi connectivity index (χ4v) is 4.23. The molecule has 2 N–H and O–H groups in total. The summed E-state index contributed by atoms with van der Waals surface area (Å²) in [7, 11) is 3.59. The molecule has 2 aliphatic heterocycles. The second-order valence-corrected chi connectivity index (χ2v) is 7.75. The number of hydrogen-bond acceptors (Lipinski definition) is 4. The molecule has 30 heavy (non-hydrogen) atoms. The number of alkyl halides is 3. The minimum atomic E-state index is -5.08. The molecule has 2 aliphatic rings. The number of aliphatic carboxylic acids is 1. The van der Waals surface area contributed by atoms with Crippen LogP contribution < -0.4 is 5.32 Å². The summed E-state index contributed by atoms with van der Waals surface area (Å²) >= 11 is 0. The van der Waals surface area contributed by atoms with E-state index in [4.69, 9.17) is 9.90 Å². The van der Waals surface area contributed by atoms with E-state index in [1.54, 1.807) is 7.05 Å². The Kier molecular flexibility index (Phi) is 7.17. The van der Waals surface area contributed by atoms with Crippen molar-refractivity contribution in [2.75, 3.05) is 20.1 Å². The van der Waals surface area contributed by atoms with Crippen molar-refractivity contribution >= 4 is 17.8 Å². The maximum absolute atomic E-state index is 12.7. The van der Waals surface area contributed by atoms with Crippen LogP contribution in [0, 0.1) is 5.92 Å². The van der Waals surface area contributed by atoms with Crippen LogP contribution in [0.1, 0.15) is 30.8 Å². The molecule has 2 fully saturated rings. The molecule has 0 bridgehead atoms. The van der Waals surface area contributed by atoms with Gasteiger partial charge in [-0.2, -0.15) is 13.2 Å². The number of carbonyl (C=O) groups excluding carboxylic acids is 2. The van der Waals surface area contributed by atoms with Crippen LogP contribution in [-0.2, 0) is 16.6 Å². The van der Waals surface area contributed by atoms with Crippen LogP contribution in [0.4, 0.5) is 13.2 Å². The van der Waals surface area contributed by atoms with Crippen molar-refractivity contribution in [3.05, 3.63) is 24.0 Å². The number of fused-ring (bicyclic) bond motifs is 1. The van der Waals surface area contributed by atoms with Gasteiger partial charge in [0.1, 0.15) is 5.69 Å². The Balaban J connectivity index is 0.000000396. The molecule has 3 atom stereocenters. The Hall–Kier alpha value is -2.56. The lowest BCUT2D eigenvalue weighted by Crippen LogP contribution is -2.50. The standard InChI is InChI=1S/C17H26N4O2.C2HF3O2/c1-11(2)21-14(16(22)18-3)8-12-9-20(10-15(12)21)17(23)13-6-5-7-19(13)4;3-2(4,5)1(6)7/h5-7,11-12,14-15H,8-10H2,1-4H3,(H,18,22);(H,6,7)/t12-,14-,15+;/m0./s1. The third kappa shape index (κ3) is 4.94. The average Bonchev–Trinajstić information content (AvgIpc) is 3.33. The van der Waals surface area contributed by atoms with Gasteiger partial charge in [0, 0.05) is 45.5 Å². The number of amides is 2. The van der Waals surface area contributed by atoms with Crippen LogP contribution in [-0.4, -0.2) is 81.7 Å². The molecule has 3 rings (SSSR count). The minimum Gasteiger partial charge on any atom is -0.475 e. The van der Waals surface area contributed by atoms with Crippen molar-refractivity contribution in [2.24, 2.45) is 13.0 Å². The number of carboxylic acid groups (broad SMARTS) is 1. The van der Waals surface area contributed by atoms with Crippen molar-refractivity contribution in [3.63, 3.8) is 0 Å². The van der Waals surface area contributed by atoms with Gasteiger partial charge in [0.15, 0.2) is 0 Å². The maximum atomic E-state index is 12.7. The van der Waals surface area contributed by atoms with Crippen molar-refractivity contribution in [1.29, 1.82) is 0 Å². The first kappa shape index (κ1) is 23.7. The predicted molar refractivity (Wildman–Crippen MR) is 102 cm³/mol. The molecule has 1 aromatic rings. The van der Waals surface area contributed by atoms with Crippen LogP contribution in [0.3, 0.4) is 0 Å². The van der Waals surface area contributed by atoms with Gasteiger partial charge in [-0.25, -0.2) is 4.79 Å². The van der Waals surface area contributed by atoms with Crippen LogP contribution in [0.15, 0.2) is 18.3 Å². The molecule has 0 radical (unpaired) electrons. The van der Waals surface area contributed by atoms with E-state index in [2.05, 4.69) is 24.1 Å². The highest BCUT2D eigenvalue weighted by Gasteiger charge is 2.50. The molecule has 11 heteroatoms. The lowest BCUT2D eigenvalue weighted by molar-refractivity contribution is -0.192. The summed E-state index contributed by atoms with van der Waals surface area (Å²) in [4.78, 5) is 38.0. The molecule has 168 valence electrons. The zero-order valence-corrected chi connectivity index (χ0v) is 17.3. The largest absolute Gasteiger partial charge is 0.490 e. The summed E-state index contributed by atoms with van der Waals surface area (Å²) in [5.74, 6) is -2.20. The van der Waals surface area contributed by atoms with E-state index >= 15 is 0 Å². The maximum Gasteiger partial charge on any atom is 0.490 e. The molecule has 0 spiro atoms. The lowest BCUT2D eigenvalue weighted by atomic mass is 10.0. The van der Waals surface area contributed by atoms with E-state index in [-0.39, 0.29) is 29.9 Å². The Morgan fingerprint density at radius 3 is 2.27 bits per heavy atom. The van der Waals surface area contributed by atoms with Gasteiger partial charge in [-0.05, 0) is 38.3 Å². The van der Waals surface area contributed by atoms with Crippen molar-refractivity contribution in [2.45, 2.75) is 44.6 Å². The number of aromatic nitrogens is 1.